The van der Waals surface area contributed by atoms with E-state index in [-0.39, 0.29) is 24.2 Å². The number of nitrogens with two attached hydrogens (primary N) is 1. The Morgan fingerprint density at radius 3 is 2.35 bits per heavy atom. The molecule has 0 unspecified atom stereocenters. The number of nitrogens with one attached hydrogen (secondary N) is 1. The molecule has 1 aromatic carbocycles. The van der Waals surface area contributed by atoms with E-state index < -0.39 is 21.9 Å². The Balaban J connectivity index is 2.56. The van der Waals surface area contributed by atoms with Gasteiger partial charge in [-0.2, -0.15) is 0 Å². The summed E-state index contributed by atoms with van der Waals surface area (Å²) < 4.78 is 30.0. The predicted molar refractivity (Wildman–Crippen MR) is 72.0 cm³/mol. The molecule has 1 amide bonds. The lowest BCUT2D eigenvalue weighted by atomic mass is 10.2. The second kappa shape index (κ2) is 6.90. The van der Waals surface area contributed by atoms with Crippen LogP contribution in [0.3, 0.4) is 0 Å². The smallest absolute Gasteiger partial charge is 0.305 e. The van der Waals surface area contributed by atoms with E-state index in [0.717, 1.165) is 0 Å². The van der Waals surface area contributed by atoms with Crippen LogP contribution in [0.1, 0.15) is 19.3 Å². The van der Waals surface area contributed by atoms with Crippen molar-refractivity contribution in [2.24, 2.45) is 0 Å². The zero-order valence-electron chi connectivity index (χ0n) is 11.0. The van der Waals surface area contributed by atoms with E-state index in [9.17, 15) is 18.0 Å². The fraction of sp³-hybridized carbons (Fsp3) is 0.333. The highest BCUT2D eigenvalue weighted by Gasteiger charge is 2.17. The largest absolute Gasteiger partial charge is 0.469 e. The molecule has 110 valence electrons. The summed E-state index contributed by atoms with van der Waals surface area (Å²) in [5.74, 6) is -1.12. The minimum atomic E-state index is -3.90. The number of nitrogen functional groups attached to an aromatic ring is 1. The molecule has 0 heterocycles. The molecular formula is C12H16N2O5S. The van der Waals surface area contributed by atoms with Gasteiger partial charge in [-0.1, -0.05) is 0 Å². The standard InChI is InChI=1S/C12H16N2O5S/c1-19-12(16)4-2-3-11(15)14-20(17,18)10-7-5-9(13)6-8-10/h5-8H,2-4,13H2,1H3,(H,14,15). The Morgan fingerprint density at radius 1 is 1.20 bits per heavy atom. The lowest BCUT2D eigenvalue weighted by molar-refractivity contribution is -0.140. The van der Waals surface area contributed by atoms with Gasteiger partial charge < -0.3 is 10.5 Å². The molecular weight excluding hydrogens is 284 g/mol. The zero-order valence-corrected chi connectivity index (χ0v) is 11.8. The molecule has 1 aromatic rings. The van der Waals surface area contributed by atoms with Crippen molar-refractivity contribution in [3.63, 3.8) is 0 Å². The van der Waals surface area contributed by atoms with Gasteiger partial charge in [0.05, 0.1) is 12.0 Å². The van der Waals surface area contributed by atoms with Gasteiger partial charge in [-0.3, -0.25) is 9.59 Å². The molecule has 3 N–H and O–H groups in total. The molecule has 0 aromatic heterocycles. The summed E-state index contributed by atoms with van der Waals surface area (Å²) in [5, 5.41) is 0. The molecule has 0 fully saturated rings. The number of carbonyl (C=O) groups is 2. The molecule has 0 saturated heterocycles. The van der Waals surface area contributed by atoms with Gasteiger partial charge in [0.15, 0.2) is 0 Å². The van der Waals surface area contributed by atoms with Crippen molar-refractivity contribution in [3.8, 4) is 0 Å². The summed E-state index contributed by atoms with van der Waals surface area (Å²) in [6.45, 7) is 0. The fourth-order valence-electron chi connectivity index (χ4n) is 1.40. The highest BCUT2D eigenvalue weighted by molar-refractivity contribution is 7.90. The second-order valence-corrected chi connectivity index (χ2v) is 5.71. The number of esters is 1. The van der Waals surface area contributed by atoms with Gasteiger partial charge in [0, 0.05) is 18.5 Å². The van der Waals surface area contributed by atoms with Crippen LogP contribution in [0, 0.1) is 0 Å². The molecule has 0 aliphatic heterocycles. The van der Waals surface area contributed by atoms with Crippen LogP contribution in [0.2, 0.25) is 0 Å². The molecule has 0 bridgehead atoms. The quantitative estimate of drug-likeness (QED) is 0.581. The van der Waals surface area contributed by atoms with Crippen LogP contribution in [-0.2, 0) is 24.3 Å². The summed E-state index contributed by atoms with van der Waals surface area (Å²) >= 11 is 0. The van der Waals surface area contributed by atoms with Crippen molar-refractivity contribution < 1.29 is 22.7 Å². The Morgan fingerprint density at radius 2 is 1.80 bits per heavy atom. The minimum absolute atomic E-state index is 0.0481. The van der Waals surface area contributed by atoms with E-state index >= 15 is 0 Å². The molecule has 0 atom stereocenters. The summed E-state index contributed by atoms with van der Waals surface area (Å²) in [5.41, 5.74) is 5.88. The number of hydrogen-bond acceptors (Lipinski definition) is 6. The van der Waals surface area contributed by atoms with Gasteiger partial charge in [0.25, 0.3) is 10.0 Å². The van der Waals surface area contributed by atoms with E-state index in [1.165, 1.54) is 31.4 Å². The molecule has 7 nitrogen and oxygen atoms in total. The van der Waals surface area contributed by atoms with Gasteiger partial charge in [-0.05, 0) is 30.7 Å². The van der Waals surface area contributed by atoms with Crippen molar-refractivity contribution in [1.29, 1.82) is 0 Å². The highest BCUT2D eigenvalue weighted by atomic mass is 32.2. The Kier molecular flexibility index (Phi) is 5.51. The first-order valence-corrected chi connectivity index (χ1v) is 7.31. The first-order valence-electron chi connectivity index (χ1n) is 5.83. The lowest BCUT2D eigenvalue weighted by Gasteiger charge is -2.07. The average molecular weight is 300 g/mol. The third-order valence-corrected chi connectivity index (χ3v) is 3.84. The number of ether oxygens (including phenoxy) is 1. The maximum Gasteiger partial charge on any atom is 0.305 e. The normalized spacial score (nSPS) is 10.8. The maximum atomic E-state index is 11.8. The molecule has 20 heavy (non-hydrogen) atoms. The number of methoxy groups -OCH3 is 1. The second-order valence-electron chi connectivity index (χ2n) is 4.03. The number of amides is 1. The van der Waals surface area contributed by atoms with Gasteiger partial charge >= 0.3 is 5.97 Å². The molecule has 0 radical (unpaired) electrons. The van der Waals surface area contributed by atoms with Crippen molar-refractivity contribution >= 4 is 27.6 Å². The third kappa shape index (κ3) is 4.88. The third-order valence-electron chi connectivity index (χ3n) is 2.45. The van der Waals surface area contributed by atoms with Crippen molar-refractivity contribution in [2.75, 3.05) is 12.8 Å². The molecule has 0 aliphatic carbocycles. The first kappa shape index (κ1) is 16.0. The summed E-state index contributed by atoms with van der Waals surface area (Å²) in [7, 11) is -2.66. The molecule has 0 aliphatic rings. The topological polar surface area (TPSA) is 116 Å². The van der Waals surface area contributed by atoms with Crippen LogP contribution in [0.15, 0.2) is 29.2 Å². The summed E-state index contributed by atoms with van der Waals surface area (Å²) in [6.07, 6.45) is 0.199. The number of sulfonamides is 1. The van der Waals surface area contributed by atoms with E-state index in [2.05, 4.69) is 4.74 Å². The predicted octanol–water partition coefficient (Wildman–Crippen LogP) is 0.417. The number of benzene rings is 1. The molecule has 8 heteroatoms. The van der Waals surface area contributed by atoms with Crippen molar-refractivity contribution in [2.45, 2.75) is 24.2 Å². The zero-order chi connectivity index (χ0) is 15.2. The number of hydrogen-bond donors (Lipinski definition) is 2. The van der Waals surface area contributed by atoms with E-state index in [0.29, 0.717) is 5.69 Å². The maximum absolute atomic E-state index is 11.8. The van der Waals surface area contributed by atoms with Crippen LogP contribution in [0.4, 0.5) is 5.69 Å². The van der Waals surface area contributed by atoms with Gasteiger partial charge in [-0.25, -0.2) is 13.1 Å². The summed E-state index contributed by atoms with van der Waals surface area (Å²) in [6, 6.07) is 5.46. The van der Waals surface area contributed by atoms with Crippen molar-refractivity contribution in [1.82, 2.24) is 4.72 Å². The lowest BCUT2D eigenvalue weighted by Crippen LogP contribution is -2.30. The van der Waals surface area contributed by atoms with Crippen LogP contribution < -0.4 is 10.5 Å². The van der Waals surface area contributed by atoms with Crippen LogP contribution >= 0.6 is 0 Å². The summed E-state index contributed by atoms with van der Waals surface area (Å²) in [4.78, 5) is 22.3. The molecule has 1 rings (SSSR count). The highest BCUT2D eigenvalue weighted by Crippen LogP contribution is 2.11. The van der Waals surface area contributed by atoms with E-state index in [1.54, 1.807) is 0 Å². The molecule has 0 saturated carbocycles. The minimum Gasteiger partial charge on any atom is -0.469 e. The van der Waals surface area contributed by atoms with Gasteiger partial charge in [0.1, 0.15) is 0 Å². The number of carbonyl (C=O) groups excluding carboxylic acids is 2. The first-order chi connectivity index (χ1) is 9.35. The SMILES string of the molecule is COC(=O)CCCC(=O)NS(=O)(=O)c1ccc(N)cc1. The van der Waals surface area contributed by atoms with Crippen LogP contribution in [0.5, 0.6) is 0 Å². The Hall–Kier alpha value is -2.09. The number of rotatable bonds is 6. The van der Waals surface area contributed by atoms with E-state index in [1.807, 2.05) is 4.72 Å². The fourth-order valence-corrected chi connectivity index (χ4v) is 2.42. The van der Waals surface area contributed by atoms with Crippen LogP contribution in [0.25, 0.3) is 0 Å². The number of anilines is 1. The monoisotopic (exact) mass is 300 g/mol. The Bertz CT molecular complexity index is 580. The average Bonchev–Trinajstić information content (AvgIpc) is 2.38. The van der Waals surface area contributed by atoms with Crippen LogP contribution in [-0.4, -0.2) is 27.4 Å². The Labute approximate surface area is 117 Å². The van der Waals surface area contributed by atoms with Crippen molar-refractivity contribution in [3.05, 3.63) is 24.3 Å². The molecule has 0 spiro atoms. The van der Waals surface area contributed by atoms with E-state index in [4.69, 9.17) is 5.73 Å². The van der Waals surface area contributed by atoms with Gasteiger partial charge in [0.2, 0.25) is 5.91 Å². The van der Waals surface area contributed by atoms with Gasteiger partial charge in [-0.15, -0.1) is 0 Å².